The quantitative estimate of drug-likeness (QED) is 0.617. The van der Waals surface area contributed by atoms with Crippen LogP contribution >= 0.6 is 0 Å². The molecule has 0 saturated carbocycles. The summed E-state index contributed by atoms with van der Waals surface area (Å²) in [5, 5.41) is 0. The molecule has 18 heavy (non-hydrogen) atoms. The molecular weight excluding hydrogens is 226 g/mol. The molecule has 1 aromatic rings. The lowest BCUT2D eigenvalue weighted by Gasteiger charge is -2.21. The van der Waals surface area contributed by atoms with Crippen LogP contribution in [0.15, 0.2) is 18.2 Å². The van der Waals surface area contributed by atoms with Crippen LogP contribution in [-0.4, -0.2) is 44.9 Å². The van der Waals surface area contributed by atoms with Crippen LogP contribution in [0.2, 0.25) is 0 Å². The maximum Gasteiger partial charge on any atom is 0.161 e. The summed E-state index contributed by atoms with van der Waals surface area (Å²) < 4.78 is 0. The van der Waals surface area contributed by atoms with E-state index in [2.05, 4.69) is 23.9 Å². The smallest absolute Gasteiger partial charge is 0.161 e. The Morgan fingerprint density at radius 2 is 1.89 bits per heavy atom. The summed E-state index contributed by atoms with van der Waals surface area (Å²) in [7, 11) is 6.18. The molecule has 0 spiro atoms. The summed E-state index contributed by atoms with van der Waals surface area (Å²) in [6.45, 7) is 3.56. The second-order valence-corrected chi connectivity index (χ2v) is 4.91. The zero-order valence-electron chi connectivity index (χ0n) is 11.7. The molecule has 0 radical (unpaired) electrons. The van der Waals surface area contributed by atoms with Gasteiger partial charge >= 0.3 is 0 Å². The summed E-state index contributed by atoms with van der Waals surface area (Å²) in [4.78, 5) is 15.6. The molecule has 100 valence electrons. The summed E-state index contributed by atoms with van der Waals surface area (Å²) >= 11 is 0. The van der Waals surface area contributed by atoms with Crippen molar-refractivity contribution in [1.29, 1.82) is 0 Å². The molecule has 4 nitrogen and oxygen atoms in total. The monoisotopic (exact) mass is 249 g/mol. The van der Waals surface area contributed by atoms with Gasteiger partial charge in [-0.2, -0.15) is 0 Å². The number of nitrogens with zero attached hydrogens (tertiary/aromatic N) is 2. The van der Waals surface area contributed by atoms with Gasteiger partial charge in [-0.25, -0.2) is 0 Å². The van der Waals surface area contributed by atoms with Gasteiger partial charge in [0, 0.05) is 30.5 Å². The molecule has 0 saturated heterocycles. The van der Waals surface area contributed by atoms with Crippen LogP contribution in [0.4, 0.5) is 11.4 Å². The fraction of sp³-hybridized carbons (Fsp3) is 0.500. The standard InChI is InChI=1S/C14H23N3O/c1-11(18)13-7-6-12(10-14(13)15)17(4)9-5-8-16(2)3/h6-7,10H,5,8-9,15H2,1-4H3. The van der Waals surface area contributed by atoms with Crippen LogP contribution in [0.25, 0.3) is 0 Å². The van der Waals surface area contributed by atoms with Crippen LogP contribution in [0.5, 0.6) is 0 Å². The molecular formula is C14H23N3O. The molecule has 0 fully saturated rings. The highest BCUT2D eigenvalue weighted by atomic mass is 16.1. The second kappa shape index (κ2) is 6.40. The van der Waals surface area contributed by atoms with E-state index in [4.69, 9.17) is 5.73 Å². The Morgan fingerprint density at radius 1 is 1.22 bits per heavy atom. The summed E-state index contributed by atoms with van der Waals surface area (Å²) in [6, 6.07) is 5.62. The zero-order valence-corrected chi connectivity index (χ0v) is 11.7. The van der Waals surface area contributed by atoms with E-state index in [0.29, 0.717) is 11.3 Å². The molecule has 0 bridgehead atoms. The Hall–Kier alpha value is -1.55. The topological polar surface area (TPSA) is 49.6 Å². The minimum absolute atomic E-state index is 0.00862. The molecule has 0 aromatic heterocycles. The average Bonchev–Trinajstić information content (AvgIpc) is 2.27. The molecule has 2 N–H and O–H groups in total. The molecule has 0 heterocycles. The predicted molar refractivity (Wildman–Crippen MR) is 77.3 cm³/mol. The van der Waals surface area contributed by atoms with Gasteiger partial charge in [0.15, 0.2) is 5.78 Å². The Labute approximate surface area is 109 Å². The molecule has 1 aromatic carbocycles. The number of carbonyl (C=O) groups excluding carboxylic acids is 1. The Bertz CT molecular complexity index is 416. The molecule has 1 rings (SSSR count). The second-order valence-electron chi connectivity index (χ2n) is 4.91. The molecule has 0 aliphatic heterocycles. The van der Waals surface area contributed by atoms with E-state index < -0.39 is 0 Å². The van der Waals surface area contributed by atoms with Gasteiger partial charge in [0.2, 0.25) is 0 Å². The highest BCUT2D eigenvalue weighted by Crippen LogP contribution is 2.21. The van der Waals surface area contributed by atoms with Gasteiger partial charge in [-0.05, 0) is 52.2 Å². The predicted octanol–water partition coefficient (Wildman–Crippen LogP) is 1.86. The lowest BCUT2D eigenvalue weighted by atomic mass is 10.1. The van der Waals surface area contributed by atoms with Gasteiger partial charge in [-0.15, -0.1) is 0 Å². The van der Waals surface area contributed by atoms with Gasteiger partial charge in [0.25, 0.3) is 0 Å². The van der Waals surface area contributed by atoms with Gasteiger partial charge in [-0.1, -0.05) is 0 Å². The van der Waals surface area contributed by atoms with Crippen LogP contribution in [0.1, 0.15) is 23.7 Å². The SMILES string of the molecule is CC(=O)c1ccc(N(C)CCCN(C)C)cc1N. The molecule has 0 aliphatic carbocycles. The van der Waals surface area contributed by atoms with Crippen LogP contribution in [0, 0.1) is 0 Å². The summed E-state index contributed by atoms with van der Waals surface area (Å²) in [5.74, 6) is 0.00862. The number of ketones is 1. The Kier molecular flexibility index (Phi) is 5.16. The summed E-state index contributed by atoms with van der Waals surface area (Å²) in [5.41, 5.74) is 8.09. The van der Waals surface area contributed by atoms with Crippen molar-refractivity contribution in [2.24, 2.45) is 0 Å². The maximum absolute atomic E-state index is 11.3. The first-order chi connectivity index (χ1) is 8.41. The number of hydrogen-bond acceptors (Lipinski definition) is 4. The third-order valence-corrected chi connectivity index (χ3v) is 2.95. The van der Waals surface area contributed by atoms with E-state index in [1.165, 1.54) is 6.92 Å². The summed E-state index contributed by atoms with van der Waals surface area (Å²) in [6.07, 6.45) is 1.10. The van der Waals surface area contributed by atoms with Crippen molar-refractivity contribution in [2.75, 3.05) is 44.9 Å². The van der Waals surface area contributed by atoms with Gasteiger partial charge < -0.3 is 15.5 Å². The fourth-order valence-electron chi connectivity index (χ4n) is 1.86. The number of nitrogens with two attached hydrogens (primary N) is 1. The first kappa shape index (κ1) is 14.5. The normalized spacial score (nSPS) is 10.7. The van der Waals surface area contributed by atoms with E-state index in [1.54, 1.807) is 6.07 Å². The van der Waals surface area contributed by atoms with E-state index >= 15 is 0 Å². The molecule has 0 aliphatic rings. The van der Waals surface area contributed by atoms with E-state index in [9.17, 15) is 4.79 Å². The van der Waals surface area contributed by atoms with Crippen molar-refractivity contribution in [2.45, 2.75) is 13.3 Å². The third-order valence-electron chi connectivity index (χ3n) is 2.95. The van der Waals surface area contributed by atoms with Gasteiger partial charge in [0.1, 0.15) is 0 Å². The van der Waals surface area contributed by atoms with Crippen molar-refractivity contribution in [3.8, 4) is 0 Å². The third kappa shape index (κ3) is 4.04. The van der Waals surface area contributed by atoms with E-state index in [-0.39, 0.29) is 5.78 Å². The first-order valence-electron chi connectivity index (χ1n) is 6.18. The molecule has 0 atom stereocenters. The van der Waals surface area contributed by atoms with Crippen molar-refractivity contribution in [1.82, 2.24) is 4.90 Å². The first-order valence-corrected chi connectivity index (χ1v) is 6.18. The molecule has 0 unspecified atom stereocenters. The van der Waals surface area contributed by atoms with Crippen LogP contribution in [0.3, 0.4) is 0 Å². The number of anilines is 2. The van der Waals surface area contributed by atoms with Crippen LogP contribution < -0.4 is 10.6 Å². The van der Waals surface area contributed by atoms with Crippen molar-refractivity contribution >= 4 is 17.2 Å². The zero-order chi connectivity index (χ0) is 13.7. The van der Waals surface area contributed by atoms with E-state index in [0.717, 1.165) is 25.2 Å². The van der Waals surface area contributed by atoms with Crippen molar-refractivity contribution < 1.29 is 4.79 Å². The van der Waals surface area contributed by atoms with Crippen LogP contribution in [-0.2, 0) is 0 Å². The highest BCUT2D eigenvalue weighted by Gasteiger charge is 2.07. The highest BCUT2D eigenvalue weighted by molar-refractivity contribution is 5.99. The fourth-order valence-corrected chi connectivity index (χ4v) is 1.86. The maximum atomic E-state index is 11.3. The lowest BCUT2D eigenvalue weighted by Crippen LogP contribution is -2.23. The average molecular weight is 249 g/mol. The van der Waals surface area contributed by atoms with Crippen molar-refractivity contribution in [3.05, 3.63) is 23.8 Å². The van der Waals surface area contributed by atoms with E-state index in [1.807, 2.05) is 19.2 Å². The lowest BCUT2D eigenvalue weighted by molar-refractivity contribution is 0.101. The van der Waals surface area contributed by atoms with Crippen molar-refractivity contribution in [3.63, 3.8) is 0 Å². The number of Topliss-reactive ketones (excluding diaryl/α,β-unsaturated/α-hetero) is 1. The molecule has 0 amide bonds. The Balaban J connectivity index is 2.66. The number of carbonyl (C=O) groups is 1. The minimum atomic E-state index is 0.00862. The number of rotatable bonds is 6. The number of nitrogen functional groups attached to an aromatic ring is 1. The minimum Gasteiger partial charge on any atom is -0.398 e. The van der Waals surface area contributed by atoms with Gasteiger partial charge in [-0.3, -0.25) is 4.79 Å². The largest absolute Gasteiger partial charge is 0.398 e. The number of benzene rings is 1. The number of hydrogen-bond donors (Lipinski definition) is 1. The van der Waals surface area contributed by atoms with Gasteiger partial charge in [0.05, 0.1) is 0 Å². The Morgan fingerprint density at radius 3 is 2.39 bits per heavy atom. The molecule has 4 heteroatoms.